The standard InChI is InChI=1S/C18H27ClN4O2.HI/c1-13(25-16-9-5-14(19)6-10-16)12-22-18(20-2)21-11-3-4-17(24)23-15-7-8-15;/h5-6,9-10,13,15H,3-4,7-8,11-12H2,1-2H3,(H,23,24)(H2,20,21,22);1H. The van der Waals surface area contributed by atoms with Crippen LogP contribution in [0.25, 0.3) is 0 Å². The Morgan fingerprint density at radius 2 is 2.00 bits per heavy atom. The molecule has 1 aliphatic carbocycles. The van der Waals surface area contributed by atoms with Crippen LogP contribution in [0.1, 0.15) is 32.6 Å². The monoisotopic (exact) mass is 494 g/mol. The molecule has 26 heavy (non-hydrogen) atoms. The van der Waals surface area contributed by atoms with E-state index >= 15 is 0 Å². The van der Waals surface area contributed by atoms with Crippen LogP contribution in [0.3, 0.4) is 0 Å². The van der Waals surface area contributed by atoms with Gasteiger partial charge in [-0.2, -0.15) is 0 Å². The molecule has 0 spiro atoms. The summed E-state index contributed by atoms with van der Waals surface area (Å²) in [7, 11) is 1.72. The first-order valence-corrected chi connectivity index (χ1v) is 9.10. The van der Waals surface area contributed by atoms with Crippen LogP contribution >= 0.6 is 35.6 Å². The van der Waals surface area contributed by atoms with Crippen molar-refractivity contribution < 1.29 is 9.53 Å². The molecular weight excluding hydrogens is 467 g/mol. The second-order valence-electron chi connectivity index (χ2n) is 6.21. The average Bonchev–Trinajstić information content (AvgIpc) is 3.40. The molecule has 3 N–H and O–H groups in total. The fourth-order valence-electron chi connectivity index (χ4n) is 2.23. The van der Waals surface area contributed by atoms with Crippen molar-refractivity contribution in [1.82, 2.24) is 16.0 Å². The summed E-state index contributed by atoms with van der Waals surface area (Å²) in [6, 6.07) is 7.72. The van der Waals surface area contributed by atoms with E-state index in [-0.39, 0.29) is 36.0 Å². The van der Waals surface area contributed by atoms with Crippen molar-refractivity contribution in [2.75, 3.05) is 20.1 Å². The van der Waals surface area contributed by atoms with Gasteiger partial charge in [-0.25, -0.2) is 0 Å². The van der Waals surface area contributed by atoms with Gasteiger partial charge in [-0.05, 0) is 50.5 Å². The molecule has 1 saturated carbocycles. The number of amides is 1. The SMILES string of the molecule is CN=C(NCCCC(=O)NC1CC1)NCC(C)Oc1ccc(Cl)cc1.I. The summed E-state index contributed by atoms with van der Waals surface area (Å²) in [6.07, 6.45) is 3.53. The molecule has 1 atom stereocenters. The molecule has 1 amide bonds. The largest absolute Gasteiger partial charge is 0.489 e. The fourth-order valence-corrected chi connectivity index (χ4v) is 2.36. The van der Waals surface area contributed by atoms with Crippen molar-refractivity contribution >= 4 is 47.4 Å². The number of carbonyl (C=O) groups excluding carboxylic acids is 1. The van der Waals surface area contributed by atoms with E-state index in [4.69, 9.17) is 16.3 Å². The number of nitrogens with zero attached hydrogens (tertiary/aromatic N) is 1. The van der Waals surface area contributed by atoms with Crippen molar-refractivity contribution in [2.24, 2.45) is 4.99 Å². The zero-order chi connectivity index (χ0) is 18.1. The molecule has 1 aromatic rings. The molecule has 6 nitrogen and oxygen atoms in total. The van der Waals surface area contributed by atoms with Crippen LogP contribution in [0.15, 0.2) is 29.3 Å². The average molecular weight is 495 g/mol. The zero-order valence-electron chi connectivity index (χ0n) is 15.3. The predicted molar refractivity (Wildman–Crippen MR) is 117 cm³/mol. The quantitative estimate of drug-likeness (QED) is 0.214. The molecule has 1 aliphatic rings. The minimum Gasteiger partial charge on any atom is -0.489 e. The highest BCUT2D eigenvalue weighted by Gasteiger charge is 2.22. The summed E-state index contributed by atoms with van der Waals surface area (Å²) in [5.74, 6) is 1.62. The maximum Gasteiger partial charge on any atom is 0.220 e. The number of carbonyl (C=O) groups is 1. The number of nitrogens with one attached hydrogen (secondary N) is 3. The number of rotatable bonds is 9. The Labute approximate surface area is 177 Å². The lowest BCUT2D eigenvalue weighted by atomic mass is 10.3. The highest BCUT2D eigenvalue weighted by atomic mass is 127. The molecule has 0 radical (unpaired) electrons. The van der Waals surface area contributed by atoms with E-state index in [2.05, 4.69) is 20.9 Å². The van der Waals surface area contributed by atoms with Gasteiger partial charge >= 0.3 is 0 Å². The van der Waals surface area contributed by atoms with Gasteiger partial charge in [0.05, 0.1) is 6.54 Å². The van der Waals surface area contributed by atoms with Crippen LogP contribution in [0.5, 0.6) is 5.75 Å². The molecule has 8 heteroatoms. The van der Waals surface area contributed by atoms with E-state index in [1.165, 1.54) is 0 Å². The number of ether oxygens (including phenoxy) is 1. The predicted octanol–water partition coefficient (Wildman–Crippen LogP) is 2.95. The second-order valence-corrected chi connectivity index (χ2v) is 6.64. The van der Waals surface area contributed by atoms with Gasteiger partial charge in [-0.1, -0.05) is 11.6 Å². The Hall–Kier alpha value is -1.22. The summed E-state index contributed by atoms with van der Waals surface area (Å²) in [4.78, 5) is 15.8. The van der Waals surface area contributed by atoms with Gasteiger partial charge in [0, 0.05) is 31.1 Å². The lowest BCUT2D eigenvalue weighted by Gasteiger charge is -2.17. The number of benzene rings is 1. The van der Waals surface area contributed by atoms with Crippen LogP contribution in [0.2, 0.25) is 5.02 Å². The molecule has 2 rings (SSSR count). The van der Waals surface area contributed by atoms with E-state index < -0.39 is 0 Å². The number of hydrogen-bond acceptors (Lipinski definition) is 3. The fraction of sp³-hybridized carbons (Fsp3) is 0.556. The van der Waals surface area contributed by atoms with Gasteiger partial charge in [-0.3, -0.25) is 9.79 Å². The highest BCUT2D eigenvalue weighted by molar-refractivity contribution is 14.0. The van der Waals surface area contributed by atoms with Gasteiger partial charge in [0.15, 0.2) is 5.96 Å². The first-order valence-electron chi connectivity index (χ1n) is 8.73. The van der Waals surface area contributed by atoms with Crippen molar-refractivity contribution in [2.45, 2.75) is 44.8 Å². The molecule has 1 fully saturated rings. The second kappa shape index (κ2) is 12.2. The smallest absolute Gasteiger partial charge is 0.220 e. The molecule has 0 aliphatic heterocycles. The Kier molecular flexibility index (Phi) is 10.7. The summed E-state index contributed by atoms with van der Waals surface area (Å²) in [6.45, 7) is 3.30. The third kappa shape index (κ3) is 9.47. The van der Waals surface area contributed by atoms with E-state index in [0.29, 0.717) is 36.5 Å². The van der Waals surface area contributed by atoms with Crippen LogP contribution in [0, 0.1) is 0 Å². The molecule has 1 unspecified atom stereocenters. The minimum atomic E-state index is -0.0240. The summed E-state index contributed by atoms with van der Waals surface area (Å²) >= 11 is 5.86. The van der Waals surface area contributed by atoms with Crippen molar-refractivity contribution in [3.63, 3.8) is 0 Å². The van der Waals surface area contributed by atoms with Crippen LogP contribution in [-0.2, 0) is 4.79 Å². The normalized spacial score (nSPS) is 14.8. The maximum atomic E-state index is 11.6. The Morgan fingerprint density at radius 1 is 1.31 bits per heavy atom. The first kappa shape index (κ1) is 22.8. The highest BCUT2D eigenvalue weighted by Crippen LogP contribution is 2.18. The van der Waals surface area contributed by atoms with Gasteiger partial charge in [-0.15, -0.1) is 24.0 Å². The summed E-state index contributed by atoms with van der Waals surface area (Å²) in [5.41, 5.74) is 0. The first-order chi connectivity index (χ1) is 12.1. The summed E-state index contributed by atoms with van der Waals surface area (Å²) in [5, 5.41) is 10.1. The zero-order valence-corrected chi connectivity index (χ0v) is 18.3. The Bertz CT molecular complexity index is 579. The van der Waals surface area contributed by atoms with Crippen LogP contribution < -0.4 is 20.7 Å². The van der Waals surface area contributed by atoms with Crippen LogP contribution in [-0.4, -0.2) is 44.1 Å². The third-order valence-electron chi connectivity index (χ3n) is 3.75. The van der Waals surface area contributed by atoms with Crippen molar-refractivity contribution in [1.29, 1.82) is 0 Å². The minimum absolute atomic E-state index is 0. The molecular formula is C18H28ClIN4O2. The Morgan fingerprint density at radius 3 is 2.62 bits per heavy atom. The van der Waals surface area contributed by atoms with Crippen molar-refractivity contribution in [3.05, 3.63) is 29.3 Å². The van der Waals surface area contributed by atoms with Gasteiger partial charge in [0.1, 0.15) is 11.9 Å². The number of aliphatic imine (C=N–C) groups is 1. The maximum absolute atomic E-state index is 11.6. The lowest BCUT2D eigenvalue weighted by molar-refractivity contribution is -0.121. The topological polar surface area (TPSA) is 74.8 Å². The number of halogens is 2. The molecule has 146 valence electrons. The van der Waals surface area contributed by atoms with Crippen molar-refractivity contribution in [3.8, 4) is 5.75 Å². The van der Waals surface area contributed by atoms with E-state index in [1.807, 2.05) is 19.1 Å². The lowest BCUT2D eigenvalue weighted by Crippen LogP contribution is -2.42. The van der Waals surface area contributed by atoms with E-state index in [1.54, 1.807) is 19.2 Å². The molecule has 0 bridgehead atoms. The van der Waals surface area contributed by atoms with Crippen LogP contribution in [0.4, 0.5) is 0 Å². The van der Waals surface area contributed by atoms with E-state index in [9.17, 15) is 4.79 Å². The molecule has 0 saturated heterocycles. The van der Waals surface area contributed by atoms with Gasteiger partial charge < -0.3 is 20.7 Å². The number of guanidine groups is 1. The van der Waals surface area contributed by atoms with E-state index in [0.717, 1.165) is 25.0 Å². The Balaban J connectivity index is 0.00000338. The molecule has 0 heterocycles. The number of hydrogen-bond donors (Lipinski definition) is 3. The summed E-state index contributed by atoms with van der Waals surface area (Å²) < 4.78 is 5.81. The van der Waals surface area contributed by atoms with Gasteiger partial charge in [0.25, 0.3) is 0 Å². The third-order valence-corrected chi connectivity index (χ3v) is 4.00. The molecule has 0 aromatic heterocycles. The van der Waals surface area contributed by atoms with Gasteiger partial charge in [0.2, 0.25) is 5.91 Å². The molecule has 1 aromatic carbocycles.